The fourth-order valence-corrected chi connectivity index (χ4v) is 3.85. The number of hydrogen-bond donors (Lipinski definition) is 1. The first kappa shape index (κ1) is 21.6. The van der Waals surface area contributed by atoms with Crippen LogP contribution < -0.4 is 15.7 Å². The van der Waals surface area contributed by atoms with Crippen molar-refractivity contribution in [2.75, 3.05) is 0 Å². The quantitative estimate of drug-likeness (QED) is 0.370. The molecule has 1 heterocycles. The molecule has 0 saturated carbocycles. The lowest BCUT2D eigenvalue weighted by Crippen LogP contribution is -2.39. The monoisotopic (exact) mass is 435 g/mol. The molecule has 3 aromatic rings. The minimum Gasteiger partial charge on any atom is -0.444 e. The minimum absolute atomic E-state index is 0.218. The van der Waals surface area contributed by atoms with Crippen molar-refractivity contribution in [1.29, 1.82) is 0 Å². The third-order valence-corrected chi connectivity index (χ3v) is 5.19. The third-order valence-electron chi connectivity index (χ3n) is 5.19. The highest BCUT2D eigenvalue weighted by molar-refractivity contribution is 5.87. The van der Waals surface area contributed by atoms with Gasteiger partial charge < -0.3 is 19.2 Å². The molecule has 7 heteroatoms. The van der Waals surface area contributed by atoms with Crippen molar-refractivity contribution < 1.29 is 23.5 Å². The first-order valence-corrected chi connectivity index (χ1v) is 10.6. The van der Waals surface area contributed by atoms with Crippen LogP contribution >= 0.6 is 0 Å². The van der Waals surface area contributed by atoms with Gasteiger partial charge in [-0.25, -0.2) is 14.4 Å². The second-order valence-electron chi connectivity index (χ2n) is 8.77. The van der Waals surface area contributed by atoms with Crippen LogP contribution in [0.15, 0.2) is 57.7 Å². The summed E-state index contributed by atoms with van der Waals surface area (Å²) in [6, 6.07) is 12.7. The Labute approximate surface area is 185 Å². The molecule has 1 N–H and O–H groups in total. The van der Waals surface area contributed by atoms with Crippen molar-refractivity contribution in [2.24, 2.45) is 0 Å². The van der Waals surface area contributed by atoms with Gasteiger partial charge in [0.25, 0.3) is 0 Å². The standard InChI is InChI=1S/C25H25NO6/c1-25(2,3)32-24(29)26-21(15-8-5-4-6-9-15)23(28)30-16-12-13-18-17-10-7-11-19(17)22(27)31-20(18)14-16/h4-6,8-9,12-14,21H,7,10-11H2,1-3H3,(H,26,29)/t21-/m1/s1. The number of esters is 1. The molecule has 0 unspecified atom stereocenters. The van der Waals surface area contributed by atoms with E-state index in [0.717, 1.165) is 35.8 Å². The van der Waals surface area contributed by atoms with Gasteiger partial charge in [0.1, 0.15) is 16.9 Å². The highest BCUT2D eigenvalue weighted by Gasteiger charge is 2.28. The van der Waals surface area contributed by atoms with E-state index >= 15 is 0 Å². The number of carbonyl (C=O) groups excluding carboxylic acids is 2. The Morgan fingerprint density at radius 2 is 1.75 bits per heavy atom. The Morgan fingerprint density at radius 3 is 2.47 bits per heavy atom. The van der Waals surface area contributed by atoms with Gasteiger partial charge in [0.05, 0.1) is 0 Å². The van der Waals surface area contributed by atoms with E-state index in [1.165, 1.54) is 6.07 Å². The Morgan fingerprint density at radius 1 is 1.03 bits per heavy atom. The van der Waals surface area contributed by atoms with Crippen LogP contribution in [0.25, 0.3) is 11.0 Å². The molecule has 32 heavy (non-hydrogen) atoms. The number of ether oxygens (including phenoxy) is 2. The summed E-state index contributed by atoms with van der Waals surface area (Å²) in [5.74, 6) is -0.472. The molecular weight excluding hydrogens is 410 g/mol. The van der Waals surface area contributed by atoms with Gasteiger partial charge in [0, 0.05) is 17.0 Å². The van der Waals surface area contributed by atoms with E-state index in [1.54, 1.807) is 57.2 Å². The number of fused-ring (bicyclic) bond motifs is 3. The van der Waals surface area contributed by atoms with Crippen LogP contribution in [0.4, 0.5) is 4.79 Å². The number of hydrogen-bond acceptors (Lipinski definition) is 6. The van der Waals surface area contributed by atoms with Gasteiger partial charge in [-0.3, -0.25) is 0 Å². The molecule has 1 amide bonds. The smallest absolute Gasteiger partial charge is 0.408 e. The van der Waals surface area contributed by atoms with Crippen LogP contribution in [0, 0.1) is 0 Å². The van der Waals surface area contributed by atoms with E-state index in [-0.39, 0.29) is 11.4 Å². The molecule has 1 aliphatic carbocycles. The van der Waals surface area contributed by atoms with E-state index in [0.29, 0.717) is 11.1 Å². The van der Waals surface area contributed by atoms with Gasteiger partial charge in [-0.2, -0.15) is 0 Å². The first-order valence-electron chi connectivity index (χ1n) is 10.6. The summed E-state index contributed by atoms with van der Waals surface area (Å²) in [6.07, 6.45) is 1.74. The van der Waals surface area contributed by atoms with E-state index in [1.807, 2.05) is 6.07 Å². The number of amides is 1. The number of benzene rings is 2. The van der Waals surface area contributed by atoms with Gasteiger partial charge >= 0.3 is 17.7 Å². The molecular formula is C25H25NO6. The first-order chi connectivity index (χ1) is 15.2. The van der Waals surface area contributed by atoms with E-state index in [2.05, 4.69) is 5.32 Å². The fourth-order valence-electron chi connectivity index (χ4n) is 3.85. The molecule has 0 radical (unpaired) electrons. The van der Waals surface area contributed by atoms with Crippen LogP contribution in [0.1, 0.15) is 49.9 Å². The van der Waals surface area contributed by atoms with Gasteiger partial charge in [-0.05, 0) is 63.3 Å². The van der Waals surface area contributed by atoms with Crippen LogP contribution in [-0.2, 0) is 22.4 Å². The highest BCUT2D eigenvalue weighted by atomic mass is 16.6. The lowest BCUT2D eigenvalue weighted by molar-refractivity contribution is -0.137. The molecule has 0 bridgehead atoms. The zero-order valence-corrected chi connectivity index (χ0v) is 18.3. The molecule has 1 atom stereocenters. The molecule has 0 fully saturated rings. The van der Waals surface area contributed by atoms with E-state index in [4.69, 9.17) is 13.9 Å². The molecule has 1 aliphatic rings. The molecule has 0 aliphatic heterocycles. The summed E-state index contributed by atoms with van der Waals surface area (Å²) >= 11 is 0. The maximum absolute atomic E-state index is 13.0. The summed E-state index contributed by atoms with van der Waals surface area (Å²) < 4.78 is 16.3. The number of carbonyl (C=O) groups is 2. The molecule has 2 aromatic carbocycles. The Bertz CT molecular complexity index is 1220. The minimum atomic E-state index is -1.08. The van der Waals surface area contributed by atoms with Crippen molar-refractivity contribution in [3.05, 3.63) is 75.6 Å². The molecule has 0 spiro atoms. The highest BCUT2D eigenvalue weighted by Crippen LogP contribution is 2.30. The van der Waals surface area contributed by atoms with Gasteiger partial charge in [0.2, 0.25) is 0 Å². The van der Waals surface area contributed by atoms with Gasteiger partial charge in [-0.1, -0.05) is 30.3 Å². The Hall–Kier alpha value is -3.61. The van der Waals surface area contributed by atoms with Crippen LogP contribution in [0.5, 0.6) is 5.75 Å². The van der Waals surface area contributed by atoms with E-state index < -0.39 is 23.7 Å². The largest absolute Gasteiger partial charge is 0.444 e. The summed E-state index contributed by atoms with van der Waals surface area (Å²) in [5, 5.41) is 3.43. The second kappa shape index (κ2) is 8.49. The zero-order valence-electron chi connectivity index (χ0n) is 18.3. The summed E-state index contributed by atoms with van der Waals surface area (Å²) in [6.45, 7) is 5.21. The SMILES string of the molecule is CC(C)(C)OC(=O)N[C@@H](C(=O)Oc1ccc2c3c(c(=O)oc2c1)CCC3)c1ccccc1. The fraction of sp³-hybridized carbons (Fsp3) is 0.320. The van der Waals surface area contributed by atoms with Crippen LogP contribution in [0.3, 0.4) is 0 Å². The van der Waals surface area contributed by atoms with Crippen molar-refractivity contribution in [3.8, 4) is 5.75 Å². The number of aryl methyl sites for hydroxylation is 1. The normalized spacial score (nSPS) is 14.0. The topological polar surface area (TPSA) is 94.8 Å². The molecule has 1 aromatic heterocycles. The van der Waals surface area contributed by atoms with Crippen molar-refractivity contribution in [2.45, 2.75) is 51.7 Å². The van der Waals surface area contributed by atoms with Gasteiger partial charge in [-0.15, -0.1) is 0 Å². The maximum Gasteiger partial charge on any atom is 0.408 e. The van der Waals surface area contributed by atoms with Crippen molar-refractivity contribution in [3.63, 3.8) is 0 Å². The lowest BCUT2D eigenvalue weighted by atomic mass is 10.1. The zero-order chi connectivity index (χ0) is 22.9. The van der Waals surface area contributed by atoms with E-state index in [9.17, 15) is 14.4 Å². The molecule has 4 rings (SSSR count). The number of alkyl carbamates (subject to hydrolysis) is 1. The predicted octanol–water partition coefficient (Wildman–Crippen LogP) is 4.45. The average Bonchev–Trinajstić information content (AvgIpc) is 3.22. The molecule has 7 nitrogen and oxygen atoms in total. The lowest BCUT2D eigenvalue weighted by Gasteiger charge is -2.23. The van der Waals surface area contributed by atoms with Gasteiger partial charge in [0.15, 0.2) is 6.04 Å². The maximum atomic E-state index is 13.0. The number of nitrogens with one attached hydrogen (secondary N) is 1. The van der Waals surface area contributed by atoms with Crippen LogP contribution in [0.2, 0.25) is 0 Å². The molecule has 166 valence electrons. The second-order valence-corrected chi connectivity index (χ2v) is 8.77. The van der Waals surface area contributed by atoms with Crippen molar-refractivity contribution >= 4 is 23.0 Å². The summed E-state index contributed by atoms with van der Waals surface area (Å²) in [4.78, 5) is 37.6. The average molecular weight is 435 g/mol. The number of rotatable bonds is 4. The summed E-state index contributed by atoms with van der Waals surface area (Å²) in [7, 11) is 0. The Balaban J connectivity index is 1.60. The summed E-state index contributed by atoms with van der Waals surface area (Å²) in [5.41, 5.74) is 1.59. The predicted molar refractivity (Wildman–Crippen MR) is 119 cm³/mol. The molecule has 0 saturated heterocycles. The van der Waals surface area contributed by atoms with Crippen LogP contribution in [-0.4, -0.2) is 17.7 Å². The third kappa shape index (κ3) is 4.66. The van der Waals surface area contributed by atoms with Crippen molar-refractivity contribution in [1.82, 2.24) is 5.32 Å². The Kier molecular flexibility index (Phi) is 5.74.